The average Bonchev–Trinajstić information content (AvgIpc) is 2.33. The Morgan fingerprint density at radius 2 is 1.95 bits per heavy atom. The summed E-state index contributed by atoms with van der Waals surface area (Å²) in [5, 5.41) is 2.84. The Balaban J connectivity index is 2.90. The van der Waals surface area contributed by atoms with E-state index in [0.29, 0.717) is 13.2 Å². The third-order valence-electron chi connectivity index (χ3n) is 2.40. The molecule has 0 fully saturated rings. The molecule has 1 unspecified atom stereocenters. The minimum atomic E-state index is -0.916. The van der Waals surface area contributed by atoms with Crippen molar-refractivity contribution in [1.29, 1.82) is 0 Å². The van der Waals surface area contributed by atoms with E-state index in [-0.39, 0.29) is 12.2 Å². The molecule has 1 N–H and O–H groups in total. The first-order valence-corrected chi connectivity index (χ1v) is 5.93. The van der Waals surface area contributed by atoms with Gasteiger partial charge in [-0.1, -0.05) is 0 Å². The lowest BCUT2D eigenvalue weighted by atomic mass is 10.1. The normalized spacial score (nSPS) is 12.2. The number of benzene rings is 1. The topological polar surface area (TPSA) is 47.6 Å². The molecule has 4 nitrogen and oxygen atoms in total. The summed E-state index contributed by atoms with van der Waals surface area (Å²) in [4.78, 5) is 11.8. The molecule has 1 aromatic carbocycles. The molecule has 1 atom stereocenters. The van der Waals surface area contributed by atoms with Crippen molar-refractivity contribution in [2.75, 3.05) is 26.9 Å². The van der Waals surface area contributed by atoms with Crippen LogP contribution in [0.2, 0.25) is 0 Å². The molecule has 0 amide bonds. The zero-order chi connectivity index (χ0) is 14.3. The SMILES string of the molecule is CCOC(=O)C(NCCOC)c1cc(F)cc(F)c1. The number of hydrogen-bond acceptors (Lipinski definition) is 4. The summed E-state index contributed by atoms with van der Waals surface area (Å²) in [5.74, 6) is -2.06. The number of methoxy groups -OCH3 is 1. The van der Waals surface area contributed by atoms with Crippen molar-refractivity contribution in [3.8, 4) is 0 Å². The van der Waals surface area contributed by atoms with Crippen LogP contribution in [0, 0.1) is 11.6 Å². The molecule has 0 heterocycles. The van der Waals surface area contributed by atoms with Gasteiger partial charge in [-0.15, -0.1) is 0 Å². The van der Waals surface area contributed by atoms with Gasteiger partial charge in [0.15, 0.2) is 0 Å². The summed E-state index contributed by atoms with van der Waals surface area (Å²) in [6.07, 6.45) is 0. The zero-order valence-corrected chi connectivity index (χ0v) is 10.9. The van der Waals surface area contributed by atoms with Crippen molar-refractivity contribution in [2.45, 2.75) is 13.0 Å². The Labute approximate surface area is 110 Å². The number of hydrogen-bond donors (Lipinski definition) is 1. The lowest BCUT2D eigenvalue weighted by Gasteiger charge is -2.17. The molecule has 0 aliphatic rings. The van der Waals surface area contributed by atoms with Crippen molar-refractivity contribution in [3.05, 3.63) is 35.4 Å². The Bertz CT molecular complexity index is 406. The zero-order valence-electron chi connectivity index (χ0n) is 10.9. The minimum absolute atomic E-state index is 0.187. The number of ether oxygens (including phenoxy) is 2. The molecule has 1 rings (SSSR count). The van der Waals surface area contributed by atoms with Gasteiger partial charge in [0.25, 0.3) is 0 Å². The molecule has 0 bridgehead atoms. The number of nitrogens with one attached hydrogen (secondary N) is 1. The van der Waals surface area contributed by atoms with E-state index in [9.17, 15) is 13.6 Å². The van der Waals surface area contributed by atoms with Crippen LogP contribution >= 0.6 is 0 Å². The maximum absolute atomic E-state index is 13.2. The third-order valence-corrected chi connectivity index (χ3v) is 2.40. The highest BCUT2D eigenvalue weighted by Gasteiger charge is 2.22. The van der Waals surface area contributed by atoms with Crippen LogP contribution in [0.3, 0.4) is 0 Å². The summed E-state index contributed by atoms with van der Waals surface area (Å²) >= 11 is 0. The van der Waals surface area contributed by atoms with Gasteiger partial charge >= 0.3 is 5.97 Å². The van der Waals surface area contributed by atoms with Crippen LogP contribution in [-0.4, -0.2) is 32.8 Å². The molecule has 0 radical (unpaired) electrons. The Morgan fingerprint density at radius 1 is 1.32 bits per heavy atom. The van der Waals surface area contributed by atoms with Crippen molar-refractivity contribution in [1.82, 2.24) is 5.32 Å². The van der Waals surface area contributed by atoms with Crippen LogP contribution in [0.5, 0.6) is 0 Å². The first kappa shape index (κ1) is 15.5. The Morgan fingerprint density at radius 3 is 2.47 bits per heavy atom. The smallest absolute Gasteiger partial charge is 0.327 e. The predicted octanol–water partition coefficient (Wildman–Crippen LogP) is 1.81. The largest absolute Gasteiger partial charge is 0.465 e. The van der Waals surface area contributed by atoms with E-state index in [4.69, 9.17) is 9.47 Å². The second kappa shape index (κ2) is 7.81. The van der Waals surface area contributed by atoms with Gasteiger partial charge in [0.05, 0.1) is 13.2 Å². The second-order valence-electron chi connectivity index (χ2n) is 3.83. The quantitative estimate of drug-likeness (QED) is 0.608. The van der Waals surface area contributed by atoms with E-state index in [1.165, 1.54) is 7.11 Å². The van der Waals surface area contributed by atoms with E-state index in [1.807, 2.05) is 0 Å². The van der Waals surface area contributed by atoms with E-state index in [1.54, 1.807) is 6.92 Å². The molecule has 106 valence electrons. The van der Waals surface area contributed by atoms with Gasteiger partial charge in [0, 0.05) is 19.7 Å². The van der Waals surface area contributed by atoms with Gasteiger partial charge in [-0.05, 0) is 24.6 Å². The van der Waals surface area contributed by atoms with Crippen molar-refractivity contribution in [3.63, 3.8) is 0 Å². The van der Waals surface area contributed by atoms with Crippen LogP contribution in [-0.2, 0) is 14.3 Å². The first-order chi connectivity index (χ1) is 9.08. The summed E-state index contributed by atoms with van der Waals surface area (Å²) < 4.78 is 36.1. The molecule has 1 aromatic rings. The van der Waals surface area contributed by atoms with Gasteiger partial charge in [-0.25, -0.2) is 13.6 Å². The van der Waals surface area contributed by atoms with Crippen LogP contribution in [0.1, 0.15) is 18.5 Å². The fourth-order valence-electron chi connectivity index (χ4n) is 1.61. The first-order valence-electron chi connectivity index (χ1n) is 5.93. The number of rotatable bonds is 7. The fraction of sp³-hybridized carbons (Fsp3) is 0.462. The summed E-state index contributed by atoms with van der Waals surface area (Å²) in [5.41, 5.74) is 0.187. The number of carbonyl (C=O) groups excluding carboxylic acids is 1. The lowest BCUT2D eigenvalue weighted by molar-refractivity contribution is -0.145. The molecule has 0 saturated heterocycles. The van der Waals surface area contributed by atoms with Crippen molar-refractivity contribution >= 4 is 5.97 Å². The molecule has 6 heteroatoms. The van der Waals surface area contributed by atoms with Crippen LogP contribution < -0.4 is 5.32 Å². The van der Waals surface area contributed by atoms with Crippen molar-refractivity contribution in [2.24, 2.45) is 0 Å². The minimum Gasteiger partial charge on any atom is -0.465 e. The van der Waals surface area contributed by atoms with E-state index in [0.717, 1.165) is 18.2 Å². The molecular weight excluding hydrogens is 256 g/mol. The highest BCUT2D eigenvalue weighted by molar-refractivity contribution is 5.77. The standard InChI is InChI=1S/C13H17F2NO3/c1-3-19-13(17)12(16-4-5-18-2)9-6-10(14)8-11(15)7-9/h6-8,12,16H,3-5H2,1-2H3. The summed E-state index contributed by atoms with van der Waals surface area (Å²) in [7, 11) is 1.52. The average molecular weight is 273 g/mol. The number of halogens is 2. The molecule has 0 aliphatic carbocycles. The van der Waals surface area contributed by atoms with E-state index < -0.39 is 23.6 Å². The molecule has 0 spiro atoms. The van der Waals surface area contributed by atoms with E-state index >= 15 is 0 Å². The van der Waals surface area contributed by atoms with E-state index in [2.05, 4.69) is 5.32 Å². The number of esters is 1. The molecule has 0 aromatic heterocycles. The van der Waals surface area contributed by atoms with Crippen molar-refractivity contribution < 1.29 is 23.0 Å². The van der Waals surface area contributed by atoms with Gasteiger partial charge in [-0.2, -0.15) is 0 Å². The third kappa shape index (κ3) is 4.92. The molecule has 0 saturated carbocycles. The summed E-state index contributed by atoms with van der Waals surface area (Å²) in [6, 6.07) is 2.04. The Hall–Kier alpha value is -1.53. The lowest BCUT2D eigenvalue weighted by Crippen LogP contribution is -2.32. The van der Waals surface area contributed by atoms with Crippen LogP contribution in [0.25, 0.3) is 0 Å². The monoisotopic (exact) mass is 273 g/mol. The van der Waals surface area contributed by atoms with Gasteiger partial charge in [0.2, 0.25) is 0 Å². The fourth-order valence-corrected chi connectivity index (χ4v) is 1.61. The second-order valence-corrected chi connectivity index (χ2v) is 3.83. The predicted molar refractivity (Wildman–Crippen MR) is 65.6 cm³/mol. The molecule has 19 heavy (non-hydrogen) atoms. The maximum atomic E-state index is 13.2. The van der Waals surface area contributed by atoms with Gasteiger partial charge in [0.1, 0.15) is 17.7 Å². The number of carbonyl (C=O) groups is 1. The summed E-state index contributed by atoms with van der Waals surface area (Å²) in [6.45, 7) is 2.58. The highest BCUT2D eigenvalue weighted by Crippen LogP contribution is 2.17. The molecule has 0 aliphatic heterocycles. The van der Waals surface area contributed by atoms with Crippen LogP contribution in [0.4, 0.5) is 8.78 Å². The van der Waals surface area contributed by atoms with Crippen LogP contribution in [0.15, 0.2) is 18.2 Å². The van der Waals surface area contributed by atoms with Gasteiger partial charge in [-0.3, -0.25) is 5.32 Å². The highest BCUT2D eigenvalue weighted by atomic mass is 19.1. The maximum Gasteiger partial charge on any atom is 0.327 e. The molecular formula is C13H17F2NO3. The van der Waals surface area contributed by atoms with Gasteiger partial charge < -0.3 is 9.47 Å². The Kier molecular flexibility index (Phi) is 6.38.